The highest BCUT2D eigenvalue weighted by Gasteiger charge is 2.03. The van der Waals surface area contributed by atoms with E-state index in [0.29, 0.717) is 158 Å². The summed E-state index contributed by atoms with van der Waals surface area (Å²) in [5.74, 6) is -0.140. The third-order valence-electron chi connectivity index (χ3n) is 8.71. The molecule has 0 rings (SSSR count). The van der Waals surface area contributed by atoms with Gasteiger partial charge >= 0.3 is 5.97 Å². The predicted octanol–water partition coefficient (Wildman–Crippen LogP) is 7.01. The molecule has 0 heterocycles. The molecule has 0 amide bonds. The van der Waals surface area contributed by atoms with Crippen LogP contribution in [0.1, 0.15) is 117 Å². The van der Waals surface area contributed by atoms with Crippen LogP contribution >= 0.6 is 0 Å². The van der Waals surface area contributed by atoms with Crippen LogP contribution in [0.4, 0.5) is 0 Å². The number of ether oxygens (including phenoxy) is 13. The van der Waals surface area contributed by atoms with E-state index in [2.05, 4.69) is 13.8 Å². The maximum atomic E-state index is 11.7. The number of carbonyl (C=O) groups excluding carboxylic acids is 1. The van der Waals surface area contributed by atoms with Gasteiger partial charge in [0.15, 0.2) is 0 Å². The van der Waals surface area contributed by atoms with E-state index in [1.165, 1.54) is 77.0 Å². The summed E-state index contributed by atoms with van der Waals surface area (Å²) in [6.07, 6.45) is 19.3. The Bertz CT molecular complexity index is 751. The van der Waals surface area contributed by atoms with Crippen LogP contribution in [0.25, 0.3) is 0 Å². The molecule has 0 unspecified atom stereocenters. The van der Waals surface area contributed by atoms with Crippen LogP contribution in [0.3, 0.4) is 0 Å². The second-order valence-corrected chi connectivity index (χ2v) is 13.9. The van der Waals surface area contributed by atoms with Crippen molar-refractivity contribution in [2.24, 2.45) is 0 Å². The van der Waals surface area contributed by atoms with E-state index >= 15 is 0 Å². The van der Waals surface area contributed by atoms with Crippen molar-refractivity contribution in [1.82, 2.24) is 0 Å². The smallest absolute Gasteiger partial charge is 0.305 e. The quantitative estimate of drug-likeness (QED) is 0.0459. The van der Waals surface area contributed by atoms with Gasteiger partial charge in [-0.2, -0.15) is 0 Å². The van der Waals surface area contributed by atoms with Crippen LogP contribution in [0.15, 0.2) is 0 Å². The number of esters is 1. The average molecular weight is 841 g/mol. The van der Waals surface area contributed by atoms with Crippen molar-refractivity contribution in [3.63, 3.8) is 0 Å². The third kappa shape index (κ3) is 53.0. The molecule has 0 aromatic carbocycles. The molecule has 0 saturated carbocycles. The largest absolute Gasteiger partial charge is 0.463 e. The van der Waals surface area contributed by atoms with Crippen LogP contribution in [-0.4, -0.2) is 171 Å². The van der Waals surface area contributed by atoms with Crippen LogP contribution in [-0.2, 0) is 66.4 Å². The normalized spacial score (nSPS) is 11.6. The molecule has 14 heteroatoms. The van der Waals surface area contributed by atoms with Gasteiger partial charge in [0, 0.05) is 13.0 Å². The highest BCUT2D eigenvalue weighted by atomic mass is 16.6. The zero-order chi connectivity index (χ0) is 41.8. The van der Waals surface area contributed by atoms with Gasteiger partial charge in [0.2, 0.25) is 0 Å². The van der Waals surface area contributed by atoms with Crippen LogP contribution < -0.4 is 0 Å². The van der Waals surface area contributed by atoms with Crippen LogP contribution in [0, 0.1) is 0 Å². The van der Waals surface area contributed by atoms with Crippen molar-refractivity contribution >= 4 is 5.97 Å². The van der Waals surface area contributed by atoms with Gasteiger partial charge in [0.25, 0.3) is 0 Å². The summed E-state index contributed by atoms with van der Waals surface area (Å²) in [6.45, 7) is 17.4. The Hall–Kier alpha value is -1.01. The molecule has 0 saturated heterocycles. The van der Waals surface area contributed by atoms with Crippen molar-refractivity contribution in [3.05, 3.63) is 0 Å². The Kier molecular flexibility index (Phi) is 53.1. The first-order valence-electron chi connectivity index (χ1n) is 22.9. The molecule has 0 aliphatic rings. The summed E-state index contributed by atoms with van der Waals surface area (Å²) < 4.78 is 71.4. The summed E-state index contributed by atoms with van der Waals surface area (Å²) >= 11 is 0. The number of carbonyl (C=O) groups is 1. The van der Waals surface area contributed by atoms with Gasteiger partial charge < -0.3 is 61.6 Å². The second kappa shape index (κ2) is 54.0. The molecular formula is C44H88O14. The first-order chi connectivity index (χ1) is 28.8. The molecule has 0 spiro atoms. The molecule has 0 bridgehead atoms. The van der Waals surface area contributed by atoms with Gasteiger partial charge in [-0.1, -0.05) is 97.3 Å². The maximum absolute atomic E-state index is 11.7. The first-order valence-corrected chi connectivity index (χ1v) is 22.9. The summed E-state index contributed by atoms with van der Waals surface area (Å²) in [5, 5.41) is 0. The second-order valence-electron chi connectivity index (χ2n) is 13.9. The Balaban J connectivity index is 3.09. The number of unbranched alkanes of at least 4 members (excludes halogenated alkanes) is 13. The average Bonchev–Trinajstić information content (AvgIpc) is 3.23. The van der Waals surface area contributed by atoms with Crippen molar-refractivity contribution < 1.29 is 66.4 Å². The Morgan fingerprint density at radius 3 is 0.724 bits per heavy atom. The molecule has 14 nitrogen and oxygen atoms in total. The lowest BCUT2D eigenvalue weighted by atomic mass is 10.1. The molecular weight excluding hydrogens is 752 g/mol. The summed E-state index contributed by atoms with van der Waals surface area (Å²) in [4.78, 5) is 11.7. The fourth-order valence-electron chi connectivity index (χ4n) is 5.37. The summed E-state index contributed by atoms with van der Waals surface area (Å²) in [5.41, 5.74) is 0. The van der Waals surface area contributed by atoms with E-state index in [9.17, 15) is 4.79 Å². The molecule has 0 aromatic rings. The monoisotopic (exact) mass is 841 g/mol. The van der Waals surface area contributed by atoms with Gasteiger partial charge in [0.1, 0.15) is 6.61 Å². The topological polar surface area (TPSA) is 137 Å². The van der Waals surface area contributed by atoms with E-state index in [1.807, 2.05) is 0 Å². The number of hydrogen-bond donors (Lipinski definition) is 0. The minimum Gasteiger partial charge on any atom is -0.463 e. The van der Waals surface area contributed by atoms with E-state index < -0.39 is 0 Å². The lowest BCUT2D eigenvalue weighted by Gasteiger charge is -2.09. The fraction of sp³-hybridized carbons (Fsp3) is 0.977. The van der Waals surface area contributed by atoms with E-state index in [1.54, 1.807) is 0 Å². The zero-order valence-corrected chi connectivity index (χ0v) is 37.2. The molecule has 58 heavy (non-hydrogen) atoms. The molecule has 0 fully saturated rings. The summed E-state index contributed by atoms with van der Waals surface area (Å²) in [7, 11) is 0. The van der Waals surface area contributed by atoms with Crippen LogP contribution in [0.5, 0.6) is 0 Å². The molecule has 348 valence electrons. The van der Waals surface area contributed by atoms with Gasteiger partial charge in [-0.05, 0) is 12.8 Å². The Morgan fingerprint density at radius 2 is 0.448 bits per heavy atom. The number of rotatable bonds is 53. The first kappa shape index (κ1) is 57.0. The molecule has 0 aliphatic heterocycles. The minimum atomic E-state index is -0.140. The van der Waals surface area contributed by atoms with Gasteiger partial charge in [-0.15, -0.1) is 0 Å². The van der Waals surface area contributed by atoms with E-state index in [0.717, 1.165) is 25.9 Å². The Labute approximate surface area is 353 Å². The van der Waals surface area contributed by atoms with Gasteiger partial charge in [-0.25, -0.2) is 0 Å². The maximum Gasteiger partial charge on any atom is 0.305 e. The molecule has 0 aliphatic carbocycles. The molecule has 0 atom stereocenters. The van der Waals surface area contributed by atoms with Gasteiger partial charge in [-0.3, -0.25) is 4.79 Å². The predicted molar refractivity (Wildman–Crippen MR) is 226 cm³/mol. The zero-order valence-electron chi connectivity index (χ0n) is 37.2. The van der Waals surface area contributed by atoms with E-state index in [4.69, 9.17) is 61.6 Å². The van der Waals surface area contributed by atoms with Crippen molar-refractivity contribution in [3.8, 4) is 0 Å². The SMILES string of the molecule is CCCCCCCCCCOCCOCCOCCOCCOCCOCCOCCOCCOCCOCCOCCOCCOC(=O)CCCCCCCCC. The van der Waals surface area contributed by atoms with Crippen molar-refractivity contribution in [1.29, 1.82) is 0 Å². The lowest BCUT2D eigenvalue weighted by molar-refractivity contribution is -0.145. The standard InChI is InChI=1S/C44H88O14/c1-3-5-7-9-11-13-15-17-19-46-20-21-47-22-23-48-24-25-49-26-27-50-28-29-51-30-31-52-32-33-53-34-35-54-36-37-55-38-39-56-40-41-57-42-43-58-44(45)18-16-14-12-10-8-6-4-2/h3-43H2,1-2H3. The third-order valence-corrected chi connectivity index (χ3v) is 8.71. The summed E-state index contributed by atoms with van der Waals surface area (Å²) in [6, 6.07) is 0. The molecule has 0 radical (unpaired) electrons. The number of hydrogen-bond acceptors (Lipinski definition) is 14. The highest BCUT2D eigenvalue weighted by Crippen LogP contribution is 2.09. The van der Waals surface area contributed by atoms with E-state index in [-0.39, 0.29) is 12.6 Å². The molecule has 0 aromatic heterocycles. The highest BCUT2D eigenvalue weighted by molar-refractivity contribution is 5.69. The van der Waals surface area contributed by atoms with Gasteiger partial charge in [0.05, 0.1) is 152 Å². The van der Waals surface area contributed by atoms with Crippen molar-refractivity contribution in [2.45, 2.75) is 117 Å². The minimum absolute atomic E-state index is 0.140. The lowest BCUT2D eigenvalue weighted by Crippen LogP contribution is -2.15. The molecule has 0 N–H and O–H groups in total. The van der Waals surface area contributed by atoms with Crippen molar-refractivity contribution in [2.75, 3.05) is 165 Å². The Morgan fingerprint density at radius 1 is 0.241 bits per heavy atom. The fourth-order valence-corrected chi connectivity index (χ4v) is 5.37. The van der Waals surface area contributed by atoms with Crippen LogP contribution in [0.2, 0.25) is 0 Å².